The van der Waals surface area contributed by atoms with Gasteiger partial charge in [-0.3, -0.25) is 19.2 Å². The van der Waals surface area contributed by atoms with Gasteiger partial charge in [0, 0.05) is 5.69 Å². The molecule has 0 unspecified atom stereocenters. The van der Waals surface area contributed by atoms with Gasteiger partial charge in [-0.05, 0) is 69.2 Å². The second-order valence-electron chi connectivity index (χ2n) is 10.2. The summed E-state index contributed by atoms with van der Waals surface area (Å²) in [6.07, 6.45) is -0.814. The molecule has 1 saturated carbocycles. The minimum atomic E-state index is -1.75. The highest BCUT2D eigenvalue weighted by atomic mass is 16.7. The zero-order valence-electron chi connectivity index (χ0n) is 23.6. The van der Waals surface area contributed by atoms with Crippen molar-refractivity contribution in [1.29, 1.82) is 0 Å². The number of carbonyl (C=O) groups is 3. The molecule has 1 N–H and O–H groups in total. The lowest BCUT2D eigenvalue weighted by molar-refractivity contribution is -0.167. The minimum absolute atomic E-state index is 0.0142. The molecule has 9 heteroatoms. The third-order valence-electron chi connectivity index (χ3n) is 7.88. The van der Waals surface area contributed by atoms with Crippen LogP contribution in [0.15, 0.2) is 78.9 Å². The number of carbonyl (C=O) groups excluding carboxylic acids is 3. The van der Waals surface area contributed by atoms with Crippen molar-refractivity contribution in [2.75, 3.05) is 30.7 Å². The van der Waals surface area contributed by atoms with Crippen molar-refractivity contribution in [1.82, 2.24) is 0 Å². The van der Waals surface area contributed by atoms with Gasteiger partial charge in [-0.25, -0.2) is 5.06 Å². The fourth-order valence-corrected chi connectivity index (χ4v) is 5.89. The molecule has 2 aliphatic rings. The Kier molecular flexibility index (Phi) is 7.73. The van der Waals surface area contributed by atoms with Gasteiger partial charge in [0.25, 0.3) is 0 Å². The van der Waals surface area contributed by atoms with Crippen molar-refractivity contribution < 1.29 is 33.4 Å². The number of anilines is 2. The summed E-state index contributed by atoms with van der Waals surface area (Å²) >= 11 is 0. The Bertz CT molecular complexity index is 1390. The molecule has 2 fully saturated rings. The summed E-state index contributed by atoms with van der Waals surface area (Å²) in [6, 6.07) is 22.7. The van der Waals surface area contributed by atoms with E-state index in [4.69, 9.17) is 19.0 Å². The predicted octanol–water partition coefficient (Wildman–Crippen LogP) is 5.01. The molecule has 9 nitrogen and oxygen atoms in total. The number of methoxy groups -OCH3 is 1. The molecule has 1 aliphatic carbocycles. The summed E-state index contributed by atoms with van der Waals surface area (Å²) in [5.74, 6) is -1.25. The summed E-state index contributed by atoms with van der Waals surface area (Å²) in [5.41, 5.74) is -0.191. The van der Waals surface area contributed by atoms with E-state index in [0.717, 1.165) is 11.1 Å². The van der Waals surface area contributed by atoms with E-state index < -0.39 is 40.8 Å². The fourth-order valence-electron chi connectivity index (χ4n) is 5.89. The number of hydrogen-bond acceptors (Lipinski definition) is 8. The van der Waals surface area contributed by atoms with Crippen molar-refractivity contribution in [3.05, 3.63) is 90.0 Å². The van der Waals surface area contributed by atoms with Crippen LogP contribution in [0.2, 0.25) is 0 Å². The van der Waals surface area contributed by atoms with Crippen LogP contribution in [0, 0.1) is 17.8 Å². The molecular weight excluding hydrogens is 524 g/mol. The number of hydrogen-bond donors (Lipinski definition) is 1. The molecule has 1 spiro atoms. The number of nitrogens with one attached hydrogen (secondary N) is 1. The van der Waals surface area contributed by atoms with Crippen LogP contribution < -0.4 is 15.1 Å². The van der Waals surface area contributed by atoms with Crippen molar-refractivity contribution >= 4 is 29.2 Å². The van der Waals surface area contributed by atoms with E-state index in [1.54, 1.807) is 45.2 Å². The Balaban J connectivity index is 1.68. The van der Waals surface area contributed by atoms with Crippen molar-refractivity contribution in [2.24, 2.45) is 10.8 Å². The largest absolute Gasteiger partial charge is 0.497 e. The van der Waals surface area contributed by atoms with Crippen LogP contribution in [0.5, 0.6) is 5.75 Å². The molecule has 1 aliphatic heterocycles. The Morgan fingerprint density at radius 1 is 0.902 bits per heavy atom. The van der Waals surface area contributed by atoms with Crippen molar-refractivity contribution in [2.45, 2.75) is 39.3 Å². The van der Waals surface area contributed by atoms with E-state index in [0.29, 0.717) is 17.1 Å². The van der Waals surface area contributed by atoms with Gasteiger partial charge in [0.2, 0.25) is 5.91 Å². The normalized spacial score (nSPS) is 22.2. The van der Waals surface area contributed by atoms with Crippen molar-refractivity contribution in [3.63, 3.8) is 0 Å². The SMILES string of the molecule is CCOC(=O)C1(C(=O)OCC)C[C@]12[C@@H](c1ccccc1)ON(c1ccc(C)cc1)[C@H]2C(=O)Nc1ccc(OC)cc1. The highest BCUT2D eigenvalue weighted by Crippen LogP contribution is 2.77. The monoisotopic (exact) mass is 558 g/mol. The van der Waals surface area contributed by atoms with E-state index in [2.05, 4.69) is 5.32 Å². The van der Waals surface area contributed by atoms with E-state index in [-0.39, 0.29) is 19.6 Å². The van der Waals surface area contributed by atoms with Gasteiger partial charge in [0.1, 0.15) is 17.9 Å². The van der Waals surface area contributed by atoms with Crippen LogP contribution in [0.1, 0.15) is 37.5 Å². The molecule has 3 aromatic rings. The smallest absolute Gasteiger partial charge is 0.324 e. The Labute approximate surface area is 239 Å². The first-order valence-corrected chi connectivity index (χ1v) is 13.7. The average Bonchev–Trinajstić information content (AvgIpc) is 3.56. The summed E-state index contributed by atoms with van der Waals surface area (Å²) in [7, 11) is 1.56. The van der Waals surface area contributed by atoms with Crippen LogP contribution in [0.3, 0.4) is 0 Å². The average molecular weight is 559 g/mol. The van der Waals surface area contributed by atoms with Crippen LogP contribution in [-0.4, -0.2) is 44.2 Å². The van der Waals surface area contributed by atoms with Gasteiger partial charge >= 0.3 is 11.9 Å². The first kappa shape index (κ1) is 28.2. The zero-order valence-corrected chi connectivity index (χ0v) is 23.6. The third kappa shape index (κ3) is 4.70. The first-order chi connectivity index (χ1) is 19.8. The van der Waals surface area contributed by atoms with Crippen LogP contribution in [0.4, 0.5) is 11.4 Å². The molecule has 5 rings (SSSR count). The molecule has 1 heterocycles. The Hall–Kier alpha value is -4.37. The van der Waals surface area contributed by atoms with Crippen molar-refractivity contribution in [3.8, 4) is 5.75 Å². The second kappa shape index (κ2) is 11.2. The number of esters is 2. The summed E-state index contributed by atoms with van der Waals surface area (Å²) in [4.78, 5) is 48.4. The third-order valence-corrected chi connectivity index (χ3v) is 7.88. The number of ether oxygens (including phenoxy) is 3. The van der Waals surface area contributed by atoms with E-state index in [1.807, 2.05) is 61.5 Å². The Morgan fingerprint density at radius 2 is 1.51 bits per heavy atom. The van der Waals surface area contributed by atoms with Crippen LogP contribution in [0.25, 0.3) is 0 Å². The van der Waals surface area contributed by atoms with E-state index >= 15 is 0 Å². The molecular formula is C32H34N2O7. The number of benzene rings is 3. The second-order valence-corrected chi connectivity index (χ2v) is 10.2. The molecule has 1 saturated heterocycles. The van der Waals surface area contributed by atoms with Gasteiger partial charge in [-0.15, -0.1) is 0 Å². The summed E-state index contributed by atoms with van der Waals surface area (Å²) in [5, 5.41) is 4.50. The van der Waals surface area contributed by atoms with E-state index in [1.165, 1.54) is 5.06 Å². The number of amides is 1. The van der Waals surface area contributed by atoms with Gasteiger partial charge in [-0.2, -0.15) is 0 Å². The zero-order chi connectivity index (χ0) is 29.2. The molecule has 3 aromatic carbocycles. The lowest BCUT2D eigenvalue weighted by Gasteiger charge is -2.29. The number of nitrogens with zero attached hydrogens (tertiary/aromatic N) is 1. The fraction of sp³-hybridized carbons (Fsp3) is 0.344. The molecule has 1 amide bonds. The van der Waals surface area contributed by atoms with Gasteiger partial charge in [-0.1, -0.05) is 48.0 Å². The predicted molar refractivity (Wildman–Crippen MR) is 152 cm³/mol. The number of rotatable bonds is 9. The molecule has 0 aromatic heterocycles. The molecule has 0 bridgehead atoms. The highest BCUT2D eigenvalue weighted by molar-refractivity contribution is 6.09. The molecule has 41 heavy (non-hydrogen) atoms. The number of aryl methyl sites for hydroxylation is 1. The lowest BCUT2D eigenvalue weighted by Crippen LogP contribution is -2.49. The molecule has 214 valence electrons. The van der Waals surface area contributed by atoms with Crippen LogP contribution in [-0.2, 0) is 28.7 Å². The quantitative estimate of drug-likeness (QED) is 0.289. The van der Waals surface area contributed by atoms with Gasteiger partial charge in [0.15, 0.2) is 5.41 Å². The number of hydroxylamine groups is 1. The minimum Gasteiger partial charge on any atom is -0.497 e. The topological polar surface area (TPSA) is 103 Å². The standard InChI is InChI=1S/C32H34N2O7/c1-5-39-29(36)32(30(37)40-6-2)20-31(32)26(28(35)33-23-14-18-25(38-4)19-15-23)34(24-16-12-21(3)13-17-24)41-27(31)22-10-8-7-9-11-22/h7-19,26-27H,5-6,20H2,1-4H3,(H,33,35)/t26-,27+,31-/m0/s1. The van der Waals surface area contributed by atoms with Crippen LogP contribution >= 0.6 is 0 Å². The van der Waals surface area contributed by atoms with Gasteiger partial charge in [0.05, 0.1) is 31.4 Å². The first-order valence-electron chi connectivity index (χ1n) is 13.7. The molecule has 0 radical (unpaired) electrons. The summed E-state index contributed by atoms with van der Waals surface area (Å²) < 4.78 is 16.2. The highest BCUT2D eigenvalue weighted by Gasteiger charge is 2.88. The lowest BCUT2D eigenvalue weighted by atomic mass is 9.78. The maximum Gasteiger partial charge on any atom is 0.324 e. The molecule has 3 atom stereocenters. The summed E-state index contributed by atoms with van der Waals surface area (Å²) in [6.45, 7) is 5.45. The maximum atomic E-state index is 14.3. The van der Waals surface area contributed by atoms with E-state index in [9.17, 15) is 14.4 Å². The Morgan fingerprint density at radius 3 is 2.07 bits per heavy atom. The maximum absolute atomic E-state index is 14.3. The van der Waals surface area contributed by atoms with Gasteiger partial charge < -0.3 is 19.5 Å².